The van der Waals surface area contributed by atoms with Crippen molar-refractivity contribution in [1.29, 1.82) is 0 Å². The molecule has 0 aliphatic rings. The number of anilines is 3. The van der Waals surface area contributed by atoms with Gasteiger partial charge in [-0.2, -0.15) is 0 Å². The van der Waals surface area contributed by atoms with Crippen LogP contribution in [-0.4, -0.2) is 36.7 Å². The summed E-state index contributed by atoms with van der Waals surface area (Å²) in [5, 5.41) is 11.2. The van der Waals surface area contributed by atoms with Crippen LogP contribution in [0.3, 0.4) is 0 Å². The number of benzene rings is 5. The summed E-state index contributed by atoms with van der Waals surface area (Å²) in [6.07, 6.45) is 1.55. The summed E-state index contributed by atoms with van der Waals surface area (Å²) in [6.45, 7) is 1.63. The molecule has 57 heavy (non-hydrogen) atoms. The molecule has 13 heteroatoms. The van der Waals surface area contributed by atoms with E-state index in [1.807, 2.05) is 36.4 Å². The molecule has 0 fully saturated rings. The molecule has 1 atom stereocenters. The molecule has 6 aromatic rings. The van der Waals surface area contributed by atoms with Crippen molar-refractivity contribution in [2.45, 2.75) is 17.1 Å². The minimum absolute atomic E-state index is 0.00441. The summed E-state index contributed by atoms with van der Waals surface area (Å²) in [5.41, 5.74) is 3.11. The fourth-order valence-corrected chi connectivity index (χ4v) is 7.91. The normalized spacial score (nSPS) is 11.5. The summed E-state index contributed by atoms with van der Waals surface area (Å²) in [5.74, 6) is -2.64. The van der Waals surface area contributed by atoms with Gasteiger partial charge in [-0.15, -0.1) is 23.1 Å². The van der Waals surface area contributed by atoms with Crippen LogP contribution in [0.4, 0.5) is 16.4 Å². The molecule has 1 heterocycles. The molecule has 6 rings (SSSR count). The maximum absolute atomic E-state index is 14.2. The van der Waals surface area contributed by atoms with E-state index in [0.29, 0.717) is 43.5 Å². The highest BCUT2D eigenvalue weighted by Gasteiger charge is 2.30. The Kier molecular flexibility index (Phi) is 13.3. The zero-order valence-electron chi connectivity index (χ0n) is 30.6. The van der Waals surface area contributed by atoms with Crippen LogP contribution < -0.4 is 21.3 Å². The van der Waals surface area contributed by atoms with Gasteiger partial charge in [-0.05, 0) is 84.3 Å². The van der Waals surface area contributed by atoms with Crippen LogP contribution in [0, 0.1) is 6.92 Å². The smallest absolute Gasteiger partial charge is 0.341 e. The second-order valence-corrected chi connectivity index (χ2v) is 15.0. The molecule has 1 aromatic heterocycles. The molecule has 4 N–H and O–H groups in total. The number of para-hydroxylation sites is 1. The minimum Gasteiger partial charge on any atom is -0.465 e. The molecule has 10 nitrogen and oxygen atoms in total. The zero-order valence-corrected chi connectivity index (χ0v) is 33.0. The van der Waals surface area contributed by atoms with Gasteiger partial charge < -0.3 is 26.0 Å². The van der Waals surface area contributed by atoms with Crippen LogP contribution in [0.15, 0.2) is 150 Å². The van der Waals surface area contributed by atoms with Gasteiger partial charge in [0.15, 0.2) is 0 Å². The summed E-state index contributed by atoms with van der Waals surface area (Å²) < 4.78 is 5.05. The largest absolute Gasteiger partial charge is 0.465 e. The first kappa shape index (κ1) is 40.2. The molecular formula is C44H35ClN4O6S2. The molecule has 5 aromatic carbocycles. The van der Waals surface area contributed by atoms with Crippen molar-refractivity contribution in [2.75, 3.05) is 23.1 Å². The Balaban J connectivity index is 1.25. The van der Waals surface area contributed by atoms with E-state index in [9.17, 15) is 24.0 Å². The molecule has 0 aliphatic carbocycles. The van der Waals surface area contributed by atoms with Crippen LogP contribution >= 0.6 is 34.7 Å². The number of thioether (sulfide) groups is 1. The molecule has 286 valence electrons. The Morgan fingerprint density at radius 3 is 2.02 bits per heavy atom. The molecule has 0 saturated heterocycles. The van der Waals surface area contributed by atoms with E-state index in [1.54, 1.807) is 116 Å². The zero-order chi connectivity index (χ0) is 40.3. The lowest BCUT2D eigenvalue weighted by molar-refractivity contribution is -0.116. The fourth-order valence-electron chi connectivity index (χ4n) is 5.60. The lowest BCUT2D eigenvalue weighted by atomic mass is 10.1. The molecule has 0 spiro atoms. The first-order valence-corrected chi connectivity index (χ1v) is 19.5. The monoisotopic (exact) mass is 814 g/mol. The van der Waals surface area contributed by atoms with Crippen LogP contribution in [0.5, 0.6) is 0 Å². The van der Waals surface area contributed by atoms with E-state index in [0.717, 1.165) is 11.3 Å². The Bertz CT molecular complexity index is 2440. The predicted molar refractivity (Wildman–Crippen MR) is 227 cm³/mol. The third-order valence-electron chi connectivity index (χ3n) is 8.41. The Labute approximate surface area is 342 Å². The number of hydrogen-bond acceptors (Lipinski definition) is 8. The van der Waals surface area contributed by atoms with Gasteiger partial charge in [0.25, 0.3) is 17.7 Å². The molecule has 0 radical (unpaired) electrons. The highest BCUT2D eigenvalue weighted by Crippen LogP contribution is 2.40. The summed E-state index contributed by atoms with van der Waals surface area (Å²) >= 11 is 8.27. The minimum atomic E-state index is -0.836. The number of amides is 4. The standard InChI is InChI=1S/C44H35ClN4O6S2/c1-27-36(44(54)55-2)43(57-37(27)41(52)46-32-17-10-5-11-18-32)49-42(53)38(29-13-6-3-7-14-29)56-34-20-12-19-33(26-34)47-40(51)35(25-28-21-23-31(45)24-22-28)48-39(50)30-15-8-4-9-16-30/h3-26,38H,1-2H3,(H,46,52)(H,47,51)(H,48,50)(H,49,53)/b35-25+. The second kappa shape index (κ2) is 18.9. The number of methoxy groups -OCH3 is 1. The lowest BCUT2D eigenvalue weighted by Gasteiger charge is -2.18. The maximum atomic E-state index is 14.2. The van der Waals surface area contributed by atoms with Gasteiger partial charge in [-0.1, -0.05) is 96.5 Å². The van der Waals surface area contributed by atoms with Crippen LogP contribution in [0.25, 0.3) is 6.08 Å². The SMILES string of the molecule is COC(=O)c1c(NC(=O)C(Sc2cccc(NC(=O)/C(=C\c3ccc(Cl)cc3)NC(=O)c3ccccc3)c2)c2ccccc2)sc(C(=O)Nc2ccccc2)c1C. The summed E-state index contributed by atoms with van der Waals surface area (Å²) in [4.78, 5) is 68.3. The van der Waals surface area contributed by atoms with Crippen molar-refractivity contribution >= 4 is 86.7 Å². The maximum Gasteiger partial charge on any atom is 0.341 e. The van der Waals surface area contributed by atoms with Crippen LogP contribution in [0.2, 0.25) is 5.02 Å². The van der Waals surface area contributed by atoms with Gasteiger partial charge >= 0.3 is 5.97 Å². The lowest BCUT2D eigenvalue weighted by Crippen LogP contribution is -2.30. The number of hydrogen-bond donors (Lipinski definition) is 4. The Morgan fingerprint density at radius 2 is 1.35 bits per heavy atom. The highest BCUT2D eigenvalue weighted by atomic mass is 35.5. The van der Waals surface area contributed by atoms with E-state index in [4.69, 9.17) is 16.3 Å². The third kappa shape index (κ3) is 10.4. The summed E-state index contributed by atoms with van der Waals surface area (Å²) in [7, 11) is 1.23. The van der Waals surface area contributed by atoms with Crippen molar-refractivity contribution in [3.05, 3.63) is 183 Å². The predicted octanol–water partition coefficient (Wildman–Crippen LogP) is 9.63. The number of carbonyl (C=O) groups excluding carboxylic acids is 5. The van der Waals surface area contributed by atoms with Crippen molar-refractivity contribution < 1.29 is 28.7 Å². The average Bonchev–Trinajstić information content (AvgIpc) is 3.56. The Hall–Kier alpha value is -6.47. The number of esters is 1. The number of carbonyl (C=O) groups is 5. The molecule has 4 amide bonds. The molecular weight excluding hydrogens is 780 g/mol. The Morgan fingerprint density at radius 1 is 0.719 bits per heavy atom. The second-order valence-electron chi connectivity index (χ2n) is 12.4. The van der Waals surface area contributed by atoms with Gasteiger partial charge in [-0.3, -0.25) is 19.2 Å². The number of halogens is 1. The molecule has 0 bridgehead atoms. The van der Waals surface area contributed by atoms with Gasteiger partial charge in [0.1, 0.15) is 15.9 Å². The number of rotatable bonds is 13. The van der Waals surface area contributed by atoms with E-state index >= 15 is 0 Å². The van der Waals surface area contributed by atoms with Crippen molar-refractivity contribution in [3.8, 4) is 0 Å². The van der Waals surface area contributed by atoms with E-state index in [-0.39, 0.29) is 21.1 Å². The quantitative estimate of drug-likeness (QED) is 0.0517. The van der Waals surface area contributed by atoms with Gasteiger partial charge in [0.2, 0.25) is 5.91 Å². The molecule has 1 unspecified atom stereocenters. The molecule has 0 aliphatic heterocycles. The van der Waals surface area contributed by atoms with Crippen molar-refractivity contribution in [1.82, 2.24) is 5.32 Å². The number of nitrogens with one attached hydrogen (secondary N) is 4. The van der Waals surface area contributed by atoms with E-state index < -0.39 is 34.8 Å². The average molecular weight is 815 g/mol. The van der Waals surface area contributed by atoms with Gasteiger partial charge in [-0.25, -0.2) is 4.79 Å². The van der Waals surface area contributed by atoms with Gasteiger partial charge in [0, 0.05) is 26.9 Å². The first-order valence-electron chi connectivity index (χ1n) is 17.4. The van der Waals surface area contributed by atoms with Crippen LogP contribution in [0.1, 0.15) is 52.3 Å². The number of thiophene rings is 1. The molecule has 0 saturated carbocycles. The fraction of sp³-hybridized carbons (Fsp3) is 0.0682. The van der Waals surface area contributed by atoms with Crippen molar-refractivity contribution in [3.63, 3.8) is 0 Å². The van der Waals surface area contributed by atoms with E-state index in [2.05, 4.69) is 21.3 Å². The summed E-state index contributed by atoms with van der Waals surface area (Å²) in [6, 6.07) is 40.3. The third-order valence-corrected chi connectivity index (χ3v) is 11.1. The number of ether oxygens (including phenoxy) is 1. The van der Waals surface area contributed by atoms with Gasteiger partial charge in [0.05, 0.1) is 17.6 Å². The van der Waals surface area contributed by atoms with Crippen LogP contribution in [-0.2, 0) is 14.3 Å². The topological polar surface area (TPSA) is 143 Å². The van der Waals surface area contributed by atoms with E-state index in [1.165, 1.54) is 18.9 Å². The van der Waals surface area contributed by atoms with Crippen molar-refractivity contribution in [2.24, 2.45) is 0 Å². The highest BCUT2D eigenvalue weighted by molar-refractivity contribution is 8.00. The first-order chi connectivity index (χ1) is 27.6.